The molecule has 15 heavy (non-hydrogen) atoms. The van der Waals surface area contributed by atoms with Crippen molar-refractivity contribution in [2.75, 3.05) is 7.05 Å². The molecule has 1 aliphatic carbocycles. The summed E-state index contributed by atoms with van der Waals surface area (Å²) >= 11 is 2.08. The summed E-state index contributed by atoms with van der Waals surface area (Å²) in [6.07, 6.45) is 2.59. The molecule has 0 unspecified atom stereocenters. The zero-order valence-electron chi connectivity index (χ0n) is 8.29. The fraction of sp³-hybridized carbons (Fsp3) is 0.400. The Morgan fingerprint density at radius 3 is 2.87 bits per heavy atom. The summed E-state index contributed by atoms with van der Waals surface area (Å²) < 4.78 is 6.36. The molecule has 1 amide bonds. The summed E-state index contributed by atoms with van der Waals surface area (Å²) in [4.78, 5) is 15.5. The molecule has 1 fully saturated rings. The van der Waals surface area contributed by atoms with E-state index < -0.39 is 0 Å². The van der Waals surface area contributed by atoms with Crippen molar-refractivity contribution in [1.29, 1.82) is 0 Å². The summed E-state index contributed by atoms with van der Waals surface area (Å²) in [5.74, 6) is 0.594. The van der Waals surface area contributed by atoms with Crippen LogP contribution < -0.4 is 10.1 Å². The maximum absolute atomic E-state index is 11.3. The third-order valence-corrected chi connectivity index (χ3v) is 2.87. The van der Waals surface area contributed by atoms with Gasteiger partial charge in [-0.3, -0.25) is 4.79 Å². The van der Waals surface area contributed by atoms with Crippen LogP contribution in [0.3, 0.4) is 0 Å². The molecule has 0 saturated heterocycles. The predicted molar refractivity (Wildman–Crippen MR) is 64.0 cm³/mol. The average Bonchev–Trinajstić information content (AvgIpc) is 3.04. The number of aromatic nitrogens is 1. The number of halogens is 1. The second kappa shape index (κ2) is 4.34. The number of ether oxygens (including phenoxy) is 1. The number of hydrogen-bond donors (Lipinski definition) is 1. The van der Waals surface area contributed by atoms with Gasteiger partial charge >= 0.3 is 0 Å². The van der Waals surface area contributed by atoms with Gasteiger partial charge in [0.2, 0.25) is 0 Å². The first-order valence-corrected chi connectivity index (χ1v) is 5.84. The third-order valence-electron chi connectivity index (χ3n) is 2.09. The van der Waals surface area contributed by atoms with Gasteiger partial charge in [0.15, 0.2) is 5.75 Å². The number of carbonyl (C=O) groups is 1. The van der Waals surface area contributed by atoms with Crippen molar-refractivity contribution in [3.05, 3.63) is 21.5 Å². The molecule has 0 radical (unpaired) electrons. The molecule has 1 heterocycles. The molecular weight excluding hydrogens is 307 g/mol. The first-order chi connectivity index (χ1) is 7.20. The summed E-state index contributed by atoms with van der Waals surface area (Å²) in [6.45, 7) is 0. The highest BCUT2D eigenvalue weighted by Gasteiger charge is 2.24. The van der Waals surface area contributed by atoms with Gasteiger partial charge in [0, 0.05) is 7.05 Å². The van der Waals surface area contributed by atoms with Gasteiger partial charge in [-0.15, -0.1) is 0 Å². The van der Waals surface area contributed by atoms with Gasteiger partial charge in [-0.05, 0) is 47.6 Å². The van der Waals surface area contributed by atoms with Crippen molar-refractivity contribution in [3.8, 4) is 5.75 Å². The van der Waals surface area contributed by atoms with Crippen LogP contribution in [0.25, 0.3) is 0 Å². The second-order valence-electron chi connectivity index (χ2n) is 3.38. The second-order valence-corrected chi connectivity index (χ2v) is 4.40. The number of nitrogens with one attached hydrogen (secondary N) is 1. The zero-order chi connectivity index (χ0) is 10.8. The minimum absolute atomic E-state index is 0.175. The van der Waals surface area contributed by atoms with E-state index >= 15 is 0 Å². The largest absolute Gasteiger partial charge is 0.488 e. The quantitative estimate of drug-likeness (QED) is 0.680. The van der Waals surface area contributed by atoms with E-state index in [0.29, 0.717) is 11.8 Å². The Morgan fingerprint density at radius 2 is 2.33 bits per heavy atom. The van der Waals surface area contributed by atoms with Crippen molar-refractivity contribution in [3.63, 3.8) is 0 Å². The molecule has 1 aromatic heterocycles. The van der Waals surface area contributed by atoms with Gasteiger partial charge in [-0.1, -0.05) is 0 Å². The van der Waals surface area contributed by atoms with Crippen molar-refractivity contribution in [2.24, 2.45) is 0 Å². The van der Waals surface area contributed by atoms with Gasteiger partial charge in [0.1, 0.15) is 9.39 Å². The lowest BCUT2D eigenvalue weighted by Crippen LogP contribution is -2.19. The molecule has 1 aromatic rings. The predicted octanol–water partition coefficient (Wildman–Crippen LogP) is 1.59. The van der Waals surface area contributed by atoms with Crippen LogP contribution in [0.1, 0.15) is 23.3 Å². The molecule has 1 N–H and O–H groups in total. The highest BCUT2D eigenvalue weighted by atomic mass is 127. The lowest BCUT2D eigenvalue weighted by atomic mass is 10.3. The number of amides is 1. The molecule has 0 spiro atoms. The molecule has 0 bridgehead atoms. The third kappa shape index (κ3) is 2.58. The normalized spacial score (nSPS) is 14.8. The van der Waals surface area contributed by atoms with Crippen LogP contribution in [0.15, 0.2) is 12.1 Å². The highest BCUT2D eigenvalue weighted by Crippen LogP contribution is 2.29. The maximum atomic E-state index is 11.3. The van der Waals surface area contributed by atoms with E-state index in [2.05, 4.69) is 32.9 Å². The summed E-state index contributed by atoms with van der Waals surface area (Å²) in [5.41, 5.74) is 0.421. The molecule has 5 heteroatoms. The number of rotatable bonds is 3. The van der Waals surface area contributed by atoms with Crippen LogP contribution in [0, 0.1) is 3.70 Å². The van der Waals surface area contributed by atoms with Crippen LogP contribution in [0.4, 0.5) is 0 Å². The highest BCUT2D eigenvalue weighted by molar-refractivity contribution is 14.1. The molecule has 1 saturated carbocycles. The standard InChI is InChI=1S/C10H11IN2O2/c1-12-10(14)7-4-5-8(9(11)13-7)15-6-2-3-6/h4-6H,2-3H2,1H3,(H,12,14). The van der Waals surface area contributed by atoms with Crippen LogP contribution in [-0.2, 0) is 0 Å². The van der Waals surface area contributed by atoms with Crippen molar-refractivity contribution >= 4 is 28.5 Å². The number of carbonyl (C=O) groups excluding carboxylic acids is 1. The zero-order valence-corrected chi connectivity index (χ0v) is 10.4. The molecule has 4 nitrogen and oxygen atoms in total. The summed E-state index contributed by atoms with van der Waals surface area (Å²) in [6, 6.07) is 3.48. The Labute approximate surface area is 102 Å². The minimum atomic E-state index is -0.175. The first kappa shape index (κ1) is 10.7. The Bertz CT molecular complexity index is 391. The van der Waals surface area contributed by atoms with Gasteiger partial charge in [-0.25, -0.2) is 4.98 Å². The Balaban J connectivity index is 2.17. The molecule has 2 rings (SSSR count). The van der Waals surface area contributed by atoms with Crippen molar-refractivity contribution in [2.45, 2.75) is 18.9 Å². The van der Waals surface area contributed by atoms with Gasteiger partial charge < -0.3 is 10.1 Å². The first-order valence-electron chi connectivity index (χ1n) is 4.76. The van der Waals surface area contributed by atoms with E-state index in [0.717, 1.165) is 22.3 Å². The van der Waals surface area contributed by atoms with Crippen molar-refractivity contribution in [1.82, 2.24) is 10.3 Å². The fourth-order valence-corrected chi connectivity index (χ4v) is 1.70. The van der Waals surface area contributed by atoms with E-state index in [9.17, 15) is 4.79 Å². The van der Waals surface area contributed by atoms with E-state index in [1.165, 1.54) is 0 Å². The number of hydrogen-bond acceptors (Lipinski definition) is 3. The smallest absolute Gasteiger partial charge is 0.269 e. The van der Waals surface area contributed by atoms with Crippen LogP contribution in [-0.4, -0.2) is 24.0 Å². The maximum Gasteiger partial charge on any atom is 0.269 e. The van der Waals surface area contributed by atoms with E-state index in [4.69, 9.17) is 4.74 Å². The number of nitrogens with zero attached hydrogens (tertiary/aromatic N) is 1. The van der Waals surface area contributed by atoms with E-state index in [1.807, 2.05) is 0 Å². The topological polar surface area (TPSA) is 51.2 Å². The van der Waals surface area contributed by atoms with E-state index in [-0.39, 0.29) is 5.91 Å². The molecule has 0 atom stereocenters. The average molecular weight is 318 g/mol. The molecular formula is C10H11IN2O2. The molecule has 0 aromatic carbocycles. The number of pyridine rings is 1. The van der Waals surface area contributed by atoms with Gasteiger partial charge in [0.25, 0.3) is 5.91 Å². The van der Waals surface area contributed by atoms with E-state index in [1.54, 1.807) is 19.2 Å². The van der Waals surface area contributed by atoms with Crippen LogP contribution in [0.5, 0.6) is 5.75 Å². The molecule has 80 valence electrons. The molecule has 0 aliphatic heterocycles. The SMILES string of the molecule is CNC(=O)c1ccc(OC2CC2)c(I)n1. The molecule has 1 aliphatic rings. The fourth-order valence-electron chi connectivity index (χ4n) is 1.13. The monoisotopic (exact) mass is 318 g/mol. The van der Waals surface area contributed by atoms with Gasteiger partial charge in [-0.2, -0.15) is 0 Å². The lowest BCUT2D eigenvalue weighted by Gasteiger charge is -2.07. The van der Waals surface area contributed by atoms with Crippen LogP contribution >= 0.6 is 22.6 Å². The Kier molecular flexibility index (Phi) is 3.08. The summed E-state index contributed by atoms with van der Waals surface area (Å²) in [5, 5.41) is 2.54. The van der Waals surface area contributed by atoms with Crippen molar-refractivity contribution < 1.29 is 9.53 Å². The Morgan fingerprint density at radius 1 is 1.60 bits per heavy atom. The minimum Gasteiger partial charge on any atom is -0.488 e. The summed E-state index contributed by atoms with van der Waals surface area (Å²) in [7, 11) is 1.59. The lowest BCUT2D eigenvalue weighted by molar-refractivity contribution is 0.0958. The van der Waals surface area contributed by atoms with Gasteiger partial charge in [0.05, 0.1) is 6.10 Å². The van der Waals surface area contributed by atoms with Crippen LogP contribution in [0.2, 0.25) is 0 Å². The Hall–Kier alpha value is -0.850.